The molecule has 1 fully saturated rings. The summed E-state index contributed by atoms with van der Waals surface area (Å²) in [5.74, 6) is -0.731. The maximum absolute atomic E-state index is 11.1. The van der Waals surface area contributed by atoms with Gasteiger partial charge in [0.25, 0.3) is 0 Å². The van der Waals surface area contributed by atoms with E-state index in [1.165, 1.54) is 4.90 Å². The lowest BCUT2D eigenvalue weighted by molar-refractivity contribution is -0.130. The highest BCUT2D eigenvalue weighted by Gasteiger charge is 2.26. The summed E-state index contributed by atoms with van der Waals surface area (Å²) in [6, 6.07) is 0. The van der Waals surface area contributed by atoms with Gasteiger partial charge in [0.05, 0.1) is 12.6 Å². The largest absolute Gasteiger partial charge is 0.327 e. The molecule has 0 spiro atoms. The standard InChI is InChI=1S/C7H12N3O2/c8-5(4-6(9)11)10-3-1-2-7(10)12/h5,9H,1-4,8H2. The van der Waals surface area contributed by atoms with Crippen molar-refractivity contribution in [1.29, 1.82) is 0 Å². The van der Waals surface area contributed by atoms with E-state index < -0.39 is 12.1 Å². The SMILES string of the molecule is [NH]C(=O)CC(N)N1CCCC1=O. The summed E-state index contributed by atoms with van der Waals surface area (Å²) in [6.07, 6.45) is 0.662. The van der Waals surface area contributed by atoms with Crippen molar-refractivity contribution in [2.75, 3.05) is 6.54 Å². The van der Waals surface area contributed by atoms with Gasteiger partial charge in [-0.05, 0) is 6.42 Å². The van der Waals surface area contributed by atoms with Crippen LogP contribution in [0.5, 0.6) is 0 Å². The molecule has 1 rings (SSSR count). The summed E-state index contributed by atoms with van der Waals surface area (Å²) in [5.41, 5.74) is 12.2. The monoisotopic (exact) mass is 170 g/mol. The Morgan fingerprint density at radius 1 is 1.75 bits per heavy atom. The molecule has 0 aliphatic carbocycles. The van der Waals surface area contributed by atoms with Crippen LogP contribution < -0.4 is 11.5 Å². The van der Waals surface area contributed by atoms with E-state index in [0.29, 0.717) is 13.0 Å². The number of carbonyl (C=O) groups excluding carboxylic acids is 2. The fourth-order valence-corrected chi connectivity index (χ4v) is 1.32. The molecule has 0 aromatic heterocycles. The lowest BCUT2D eigenvalue weighted by Gasteiger charge is -2.22. The molecule has 1 radical (unpaired) electrons. The molecule has 5 nitrogen and oxygen atoms in total. The summed E-state index contributed by atoms with van der Waals surface area (Å²) in [5, 5.41) is 0. The van der Waals surface area contributed by atoms with Crippen molar-refractivity contribution in [3.63, 3.8) is 0 Å². The highest BCUT2D eigenvalue weighted by atomic mass is 16.2. The third kappa shape index (κ3) is 1.94. The number of nitrogens with one attached hydrogen (secondary N) is 1. The predicted octanol–water partition coefficient (Wildman–Crippen LogP) is -0.907. The molecule has 0 aromatic rings. The van der Waals surface area contributed by atoms with E-state index >= 15 is 0 Å². The molecule has 3 N–H and O–H groups in total. The molecule has 1 aliphatic rings. The average Bonchev–Trinajstić information content (AvgIpc) is 2.33. The van der Waals surface area contributed by atoms with Crippen LogP contribution in [-0.4, -0.2) is 29.4 Å². The van der Waals surface area contributed by atoms with Crippen molar-refractivity contribution in [3.8, 4) is 0 Å². The second kappa shape index (κ2) is 3.53. The van der Waals surface area contributed by atoms with Crippen LogP contribution in [-0.2, 0) is 9.59 Å². The van der Waals surface area contributed by atoms with Crippen molar-refractivity contribution in [2.45, 2.75) is 25.4 Å². The lowest BCUT2D eigenvalue weighted by Crippen LogP contribution is -2.44. The van der Waals surface area contributed by atoms with E-state index in [0.717, 1.165) is 6.42 Å². The van der Waals surface area contributed by atoms with Gasteiger partial charge in [-0.15, -0.1) is 0 Å². The summed E-state index contributed by atoms with van der Waals surface area (Å²) in [6.45, 7) is 0.618. The zero-order valence-corrected chi connectivity index (χ0v) is 6.75. The first kappa shape index (κ1) is 8.99. The lowest BCUT2D eigenvalue weighted by atomic mass is 10.3. The van der Waals surface area contributed by atoms with Gasteiger partial charge in [0.15, 0.2) is 0 Å². The second-order valence-corrected chi connectivity index (χ2v) is 2.89. The van der Waals surface area contributed by atoms with E-state index in [2.05, 4.69) is 0 Å². The van der Waals surface area contributed by atoms with Gasteiger partial charge in [-0.2, -0.15) is 0 Å². The van der Waals surface area contributed by atoms with Crippen LogP contribution in [0.1, 0.15) is 19.3 Å². The van der Waals surface area contributed by atoms with Crippen molar-refractivity contribution in [1.82, 2.24) is 10.6 Å². The zero-order chi connectivity index (χ0) is 9.14. The normalized spacial score (nSPS) is 19.8. The van der Waals surface area contributed by atoms with Crippen molar-refractivity contribution >= 4 is 11.8 Å². The molecule has 1 aliphatic heterocycles. The molecular formula is C7H12N3O2. The van der Waals surface area contributed by atoms with E-state index in [4.69, 9.17) is 11.5 Å². The first-order chi connectivity index (χ1) is 5.61. The highest BCUT2D eigenvalue weighted by Crippen LogP contribution is 2.12. The van der Waals surface area contributed by atoms with Crippen LogP contribution >= 0.6 is 0 Å². The molecule has 0 saturated carbocycles. The third-order valence-electron chi connectivity index (χ3n) is 1.90. The van der Waals surface area contributed by atoms with Gasteiger partial charge in [-0.3, -0.25) is 15.3 Å². The minimum Gasteiger partial charge on any atom is -0.327 e. The quantitative estimate of drug-likeness (QED) is 0.595. The molecule has 1 unspecified atom stereocenters. The van der Waals surface area contributed by atoms with Crippen molar-refractivity contribution in [2.24, 2.45) is 5.73 Å². The summed E-state index contributed by atoms with van der Waals surface area (Å²) in [7, 11) is 0. The van der Waals surface area contributed by atoms with E-state index in [9.17, 15) is 9.59 Å². The first-order valence-electron chi connectivity index (χ1n) is 3.90. The predicted molar refractivity (Wildman–Crippen MR) is 41.6 cm³/mol. The van der Waals surface area contributed by atoms with Gasteiger partial charge in [0, 0.05) is 13.0 Å². The van der Waals surface area contributed by atoms with E-state index in [1.54, 1.807) is 0 Å². The van der Waals surface area contributed by atoms with Gasteiger partial charge in [-0.1, -0.05) is 0 Å². The molecule has 1 saturated heterocycles. The Kier molecular flexibility index (Phi) is 2.65. The molecule has 0 aromatic carbocycles. The Labute approximate surface area is 70.7 Å². The third-order valence-corrected chi connectivity index (χ3v) is 1.90. The summed E-state index contributed by atoms with van der Waals surface area (Å²) >= 11 is 0. The van der Waals surface area contributed by atoms with Crippen LogP contribution in [0.2, 0.25) is 0 Å². The fraction of sp³-hybridized carbons (Fsp3) is 0.714. The molecular weight excluding hydrogens is 158 g/mol. The number of carbonyl (C=O) groups is 2. The Morgan fingerprint density at radius 3 is 2.83 bits per heavy atom. The Balaban J connectivity index is 2.45. The number of rotatable bonds is 3. The number of hydrogen-bond acceptors (Lipinski definition) is 3. The summed E-state index contributed by atoms with van der Waals surface area (Å²) < 4.78 is 0. The molecule has 1 heterocycles. The van der Waals surface area contributed by atoms with Gasteiger partial charge in [0.2, 0.25) is 11.8 Å². The van der Waals surface area contributed by atoms with Crippen molar-refractivity contribution < 1.29 is 9.59 Å². The Hall–Kier alpha value is -1.10. The topological polar surface area (TPSA) is 87.2 Å². The van der Waals surface area contributed by atoms with Crippen LogP contribution in [0.3, 0.4) is 0 Å². The first-order valence-corrected chi connectivity index (χ1v) is 3.90. The average molecular weight is 170 g/mol. The number of likely N-dealkylation sites (tertiary alicyclic amines) is 1. The minimum atomic E-state index is -0.720. The number of nitrogens with two attached hydrogens (primary N) is 1. The number of nitrogens with zero attached hydrogens (tertiary/aromatic N) is 1. The van der Waals surface area contributed by atoms with Crippen molar-refractivity contribution in [3.05, 3.63) is 0 Å². The summed E-state index contributed by atoms with van der Waals surface area (Å²) in [4.78, 5) is 22.9. The number of hydrogen-bond donors (Lipinski definition) is 1. The second-order valence-electron chi connectivity index (χ2n) is 2.89. The Bertz CT molecular complexity index is 205. The van der Waals surface area contributed by atoms with Gasteiger partial charge in [-0.25, -0.2) is 0 Å². The van der Waals surface area contributed by atoms with Crippen LogP contribution in [0.4, 0.5) is 0 Å². The molecule has 67 valence electrons. The zero-order valence-electron chi connectivity index (χ0n) is 6.75. The maximum atomic E-state index is 11.1. The fourth-order valence-electron chi connectivity index (χ4n) is 1.32. The van der Waals surface area contributed by atoms with Crippen LogP contribution in [0.25, 0.3) is 0 Å². The highest BCUT2D eigenvalue weighted by molar-refractivity contribution is 5.80. The molecule has 0 bridgehead atoms. The molecule has 12 heavy (non-hydrogen) atoms. The van der Waals surface area contributed by atoms with Gasteiger partial charge in [0.1, 0.15) is 0 Å². The smallest absolute Gasteiger partial charge is 0.241 e. The molecule has 1 atom stereocenters. The van der Waals surface area contributed by atoms with Crippen LogP contribution in [0.15, 0.2) is 0 Å². The van der Waals surface area contributed by atoms with E-state index in [-0.39, 0.29) is 12.3 Å². The maximum Gasteiger partial charge on any atom is 0.241 e. The van der Waals surface area contributed by atoms with Crippen LogP contribution in [0, 0.1) is 0 Å². The number of amides is 2. The van der Waals surface area contributed by atoms with Gasteiger partial charge < -0.3 is 10.6 Å². The molecule has 2 amide bonds. The Morgan fingerprint density at radius 2 is 2.42 bits per heavy atom. The minimum absolute atomic E-state index is 0.0104. The van der Waals surface area contributed by atoms with E-state index in [1.807, 2.05) is 0 Å². The molecule has 5 heteroatoms. The van der Waals surface area contributed by atoms with Gasteiger partial charge >= 0.3 is 0 Å².